The predicted octanol–water partition coefficient (Wildman–Crippen LogP) is 1.54. The lowest BCUT2D eigenvalue weighted by Crippen LogP contribution is -2.41. The Morgan fingerprint density at radius 1 is 1.23 bits per heavy atom. The molecule has 1 aliphatic heterocycles. The molecule has 4 rings (SSSR count). The monoisotopic (exact) mass is 371 g/mol. The normalized spacial score (nSPS) is 18.1. The number of nitrogens with zero attached hydrogens (tertiary/aromatic N) is 4. The zero-order valence-electron chi connectivity index (χ0n) is 14.5. The van der Waals surface area contributed by atoms with Gasteiger partial charge in [-0.3, -0.25) is 9.88 Å². The van der Waals surface area contributed by atoms with E-state index in [0.29, 0.717) is 13.1 Å². The molecule has 0 saturated carbocycles. The highest BCUT2D eigenvalue weighted by molar-refractivity contribution is 7.88. The highest BCUT2D eigenvalue weighted by Crippen LogP contribution is 2.22. The van der Waals surface area contributed by atoms with Gasteiger partial charge in [0.2, 0.25) is 10.0 Å². The first-order valence-corrected chi connectivity index (χ1v) is 10.4. The zero-order valence-corrected chi connectivity index (χ0v) is 15.4. The molecule has 0 bridgehead atoms. The van der Waals surface area contributed by atoms with Crippen LogP contribution in [0.4, 0.5) is 0 Å². The number of nitrogens with one attached hydrogen (secondary N) is 1. The minimum atomic E-state index is -3.22. The largest absolute Gasteiger partial charge is 0.328 e. The van der Waals surface area contributed by atoms with Crippen LogP contribution in [0.2, 0.25) is 0 Å². The molecule has 0 amide bonds. The van der Waals surface area contributed by atoms with Gasteiger partial charge in [-0.2, -0.15) is 0 Å². The molecule has 8 heteroatoms. The van der Waals surface area contributed by atoms with Gasteiger partial charge in [0.05, 0.1) is 35.5 Å². The second kappa shape index (κ2) is 6.79. The van der Waals surface area contributed by atoms with E-state index in [1.165, 1.54) is 6.26 Å². The summed E-state index contributed by atoms with van der Waals surface area (Å²) in [6.07, 6.45) is 4.80. The number of para-hydroxylation sites is 1. The Kier molecular flexibility index (Phi) is 4.47. The summed E-state index contributed by atoms with van der Waals surface area (Å²) < 4.78 is 27.6. The Hall–Kier alpha value is -2.29. The van der Waals surface area contributed by atoms with Gasteiger partial charge in [0, 0.05) is 37.8 Å². The third-order valence-corrected chi connectivity index (χ3v) is 5.31. The van der Waals surface area contributed by atoms with Crippen molar-refractivity contribution in [3.8, 4) is 0 Å². The smallest absolute Gasteiger partial charge is 0.208 e. The molecule has 26 heavy (non-hydrogen) atoms. The average Bonchev–Trinajstić information content (AvgIpc) is 3.07. The zero-order chi connectivity index (χ0) is 18.1. The van der Waals surface area contributed by atoms with Gasteiger partial charge in [0.25, 0.3) is 0 Å². The number of imidazole rings is 1. The van der Waals surface area contributed by atoms with Crippen molar-refractivity contribution in [3.05, 3.63) is 60.3 Å². The van der Waals surface area contributed by atoms with E-state index in [0.717, 1.165) is 35.4 Å². The highest BCUT2D eigenvalue weighted by atomic mass is 32.2. The third-order valence-electron chi connectivity index (χ3n) is 4.62. The number of pyridine rings is 1. The molecule has 7 nitrogen and oxygen atoms in total. The van der Waals surface area contributed by atoms with E-state index in [1.807, 2.05) is 24.4 Å². The van der Waals surface area contributed by atoms with Crippen molar-refractivity contribution in [1.82, 2.24) is 24.2 Å². The molecule has 0 spiro atoms. The minimum Gasteiger partial charge on any atom is -0.328 e. The molecule has 3 heterocycles. The van der Waals surface area contributed by atoms with Crippen LogP contribution in [-0.4, -0.2) is 47.2 Å². The minimum absolute atomic E-state index is 0.0106. The summed E-state index contributed by atoms with van der Waals surface area (Å²) in [5.41, 5.74) is 3.08. The van der Waals surface area contributed by atoms with Crippen LogP contribution in [-0.2, 0) is 23.1 Å². The van der Waals surface area contributed by atoms with E-state index in [-0.39, 0.29) is 6.04 Å². The van der Waals surface area contributed by atoms with Gasteiger partial charge in [-0.15, -0.1) is 0 Å². The van der Waals surface area contributed by atoms with Gasteiger partial charge in [0.1, 0.15) is 0 Å². The van der Waals surface area contributed by atoms with Crippen molar-refractivity contribution in [2.75, 3.05) is 19.3 Å². The third kappa shape index (κ3) is 3.77. The van der Waals surface area contributed by atoms with Crippen LogP contribution in [0.3, 0.4) is 0 Å². The van der Waals surface area contributed by atoms with Crippen LogP contribution in [0, 0.1) is 0 Å². The molecule has 0 saturated heterocycles. The molecular formula is C18H21N5O2S. The van der Waals surface area contributed by atoms with Crippen molar-refractivity contribution in [3.63, 3.8) is 0 Å². The molecule has 1 atom stereocenters. The van der Waals surface area contributed by atoms with Crippen LogP contribution < -0.4 is 4.72 Å². The van der Waals surface area contributed by atoms with Crippen molar-refractivity contribution in [2.24, 2.45) is 0 Å². The number of hydrogen-bond donors (Lipinski definition) is 1. The fourth-order valence-electron chi connectivity index (χ4n) is 3.42. The Morgan fingerprint density at radius 3 is 2.92 bits per heavy atom. The van der Waals surface area contributed by atoms with E-state index in [1.54, 1.807) is 6.33 Å². The van der Waals surface area contributed by atoms with E-state index in [2.05, 4.69) is 37.4 Å². The number of sulfonamides is 1. The molecule has 0 radical (unpaired) electrons. The standard InChI is InChI=1S/C18H21N5O2S/c1-26(24,25)20-9-17-12-22(11-16-8-19-13-23(16)17)10-15-7-6-14-4-2-3-5-18(14)21-15/h2-8,13,17,20H,9-12H2,1H3/t17-/m0/s1. The first kappa shape index (κ1) is 17.1. The topological polar surface area (TPSA) is 80.1 Å². The summed E-state index contributed by atoms with van der Waals surface area (Å²) in [4.78, 5) is 11.3. The SMILES string of the molecule is CS(=O)(=O)NC[C@H]1CN(Cc2ccc3ccccc3n2)Cc2cncn21. The fraction of sp³-hybridized carbons (Fsp3) is 0.333. The summed E-state index contributed by atoms with van der Waals surface area (Å²) in [5, 5.41) is 1.13. The summed E-state index contributed by atoms with van der Waals surface area (Å²) in [7, 11) is -3.22. The van der Waals surface area contributed by atoms with Gasteiger partial charge in [-0.25, -0.2) is 18.1 Å². The summed E-state index contributed by atoms with van der Waals surface area (Å²) in [6, 6.07) is 12.2. The number of hydrogen-bond acceptors (Lipinski definition) is 5. The Bertz CT molecular complexity index is 1030. The molecule has 1 aliphatic rings. The Balaban J connectivity index is 1.53. The predicted molar refractivity (Wildman–Crippen MR) is 100.0 cm³/mol. The Labute approximate surface area is 152 Å². The maximum atomic E-state index is 11.5. The van der Waals surface area contributed by atoms with Crippen molar-refractivity contribution in [1.29, 1.82) is 0 Å². The second-order valence-corrected chi connectivity index (χ2v) is 8.56. The molecule has 0 aliphatic carbocycles. The van der Waals surface area contributed by atoms with Crippen molar-refractivity contribution >= 4 is 20.9 Å². The summed E-state index contributed by atoms with van der Waals surface area (Å²) in [5.74, 6) is 0. The van der Waals surface area contributed by atoms with Crippen molar-refractivity contribution < 1.29 is 8.42 Å². The van der Waals surface area contributed by atoms with E-state index >= 15 is 0 Å². The number of benzene rings is 1. The maximum Gasteiger partial charge on any atom is 0.208 e. The fourth-order valence-corrected chi connectivity index (χ4v) is 3.91. The lowest BCUT2D eigenvalue weighted by Gasteiger charge is -2.34. The molecule has 1 N–H and O–H groups in total. The number of rotatable bonds is 5. The average molecular weight is 371 g/mol. The molecule has 3 aromatic rings. The number of fused-ring (bicyclic) bond motifs is 2. The molecule has 136 valence electrons. The maximum absolute atomic E-state index is 11.5. The van der Waals surface area contributed by atoms with Gasteiger partial charge >= 0.3 is 0 Å². The first-order chi connectivity index (χ1) is 12.5. The molecular weight excluding hydrogens is 350 g/mol. The van der Waals surface area contributed by atoms with Crippen LogP contribution in [0.5, 0.6) is 0 Å². The summed E-state index contributed by atoms with van der Waals surface area (Å²) >= 11 is 0. The van der Waals surface area contributed by atoms with Gasteiger partial charge in [-0.1, -0.05) is 24.3 Å². The Morgan fingerprint density at radius 2 is 2.08 bits per heavy atom. The van der Waals surface area contributed by atoms with Crippen LogP contribution in [0.15, 0.2) is 48.9 Å². The van der Waals surface area contributed by atoms with Gasteiger partial charge in [-0.05, 0) is 12.1 Å². The van der Waals surface area contributed by atoms with Crippen LogP contribution >= 0.6 is 0 Å². The second-order valence-electron chi connectivity index (χ2n) is 6.73. The van der Waals surface area contributed by atoms with E-state index in [4.69, 9.17) is 4.98 Å². The lowest BCUT2D eigenvalue weighted by atomic mass is 10.1. The van der Waals surface area contributed by atoms with Crippen LogP contribution in [0.25, 0.3) is 10.9 Å². The van der Waals surface area contributed by atoms with Gasteiger partial charge < -0.3 is 4.57 Å². The van der Waals surface area contributed by atoms with Crippen molar-refractivity contribution in [2.45, 2.75) is 19.1 Å². The molecule has 1 aromatic carbocycles. The van der Waals surface area contributed by atoms with E-state index in [9.17, 15) is 8.42 Å². The lowest BCUT2D eigenvalue weighted by molar-refractivity contribution is 0.176. The van der Waals surface area contributed by atoms with E-state index < -0.39 is 10.0 Å². The number of aromatic nitrogens is 3. The quantitative estimate of drug-likeness (QED) is 0.736. The first-order valence-electron chi connectivity index (χ1n) is 8.50. The summed E-state index contributed by atoms with van der Waals surface area (Å²) in [6.45, 7) is 2.57. The highest BCUT2D eigenvalue weighted by Gasteiger charge is 2.25. The van der Waals surface area contributed by atoms with Crippen LogP contribution in [0.1, 0.15) is 17.4 Å². The molecule has 0 fully saturated rings. The molecule has 2 aromatic heterocycles. The van der Waals surface area contributed by atoms with Gasteiger partial charge in [0.15, 0.2) is 0 Å². The molecule has 0 unspecified atom stereocenters.